The fourth-order valence-corrected chi connectivity index (χ4v) is 2.02. The number of nitrogens with zero attached hydrogens (tertiary/aromatic N) is 4. The highest BCUT2D eigenvalue weighted by molar-refractivity contribution is 7.07. The summed E-state index contributed by atoms with van der Waals surface area (Å²) in [5.41, 5.74) is 3.84. The van der Waals surface area contributed by atoms with E-state index in [-0.39, 0.29) is 0 Å². The van der Waals surface area contributed by atoms with Crippen molar-refractivity contribution < 1.29 is 0 Å². The SMILES string of the molecule is CNCc1ccc(N(C)Cc2cscn2)nn1. The number of anilines is 1. The highest BCUT2D eigenvalue weighted by atomic mass is 32.1. The lowest BCUT2D eigenvalue weighted by Crippen LogP contribution is -2.19. The molecule has 0 aromatic carbocycles. The Kier molecular flexibility index (Phi) is 4.00. The van der Waals surface area contributed by atoms with Crippen LogP contribution in [0.2, 0.25) is 0 Å². The second kappa shape index (κ2) is 5.70. The van der Waals surface area contributed by atoms with Gasteiger partial charge in [0.2, 0.25) is 0 Å². The third-order valence-electron chi connectivity index (χ3n) is 2.34. The van der Waals surface area contributed by atoms with E-state index in [0.29, 0.717) is 0 Å². The van der Waals surface area contributed by atoms with E-state index in [9.17, 15) is 0 Å². The van der Waals surface area contributed by atoms with Crippen molar-refractivity contribution in [2.75, 3.05) is 19.0 Å². The van der Waals surface area contributed by atoms with Gasteiger partial charge in [0.05, 0.1) is 23.4 Å². The third kappa shape index (κ3) is 3.21. The second-order valence-corrected chi connectivity index (χ2v) is 4.47. The molecule has 0 spiro atoms. The molecule has 0 atom stereocenters. The van der Waals surface area contributed by atoms with Crippen molar-refractivity contribution in [3.05, 3.63) is 34.4 Å². The largest absolute Gasteiger partial charge is 0.352 e. The van der Waals surface area contributed by atoms with Crippen molar-refractivity contribution in [2.24, 2.45) is 0 Å². The van der Waals surface area contributed by atoms with Gasteiger partial charge >= 0.3 is 0 Å². The van der Waals surface area contributed by atoms with E-state index < -0.39 is 0 Å². The van der Waals surface area contributed by atoms with E-state index in [1.54, 1.807) is 11.3 Å². The Morgan fingerprint density at radius 1 is 1.29 bits per heavy atom. The molecule has 2 rings (SSSR count). The average molecular weight is 249 g/mol. The first-order valence-corrected chi connectivity index (χ1v) is 6.29. The Hall–Kier alpha value is -1.53. The van der Waals surface area contributed by atoms with E-state index in [4.69, 9.17) is 0 Å². The lowest BCUT2D eigenvalue weighted by molar-refractivity contribution is 0.758. The fraction of sp³-hybridized carbons (Fsp3) is 0.364. The minimum atomic E-state index is 0.739. The Morgan fingerprint density at radius 3 is 2.76 bits per heavy atom. The molecule has 0 unspecified atom stereocenters. The molecule has 17 heavy (non-hydrogen) atoms. The molecule has 0 aliphatic heterocycles. The van der Waals surface area contributed by atoms with Gasteiger partial charge in [-0.2, -0.15) is 5.10 Å². The molecular weight excluding hydrogens is 234 g/mol. The molecule has 2 heterocycles. The molecule has 5 nitrogen and oxygen atoms in total. The molecule has 0 aliphatic carbocycles. The van der Waals surface area contributed by atoms with Crippen LogP contribution in [0, 0.1) is 0 Å². The van der Waals surface area contributed by atoms with Crippen LogP contribution in [0.4, 0.5) is 5.82 Å². The summed E-state index contributed by atoms with van der Waals surface area (Å²) in [4.78, 5) is 6.28. The van der Waals surface area contributed by atoms with E-state index >= 15 is 0 Å². The molecule has 0 aliphatic rings. The number of aromatic nitrogens is 3. The molecule has 0 saturated carbocycles. The van der Waals surface area contributed by atoms with Gasteiger partial charge in [0.1, 0.15) is 0 Å². The van der Waals surface area contributed by atoms with Crippen LogP contribution in [0.5, 0.6) is 0 Å². The van der Waals surface area contributed by atoms with Crippen LogP contribution in [0.15, 0.2) is 23.0 Å². The van der Waals surface area contributed by atoms with Crippen molar-refractivity contribution in [3.63, 3.8) is 0 Å². The van der Waals surface area contributed by atoms with Crippen molar-refractivity contribution in [1.29, 1.82) is 0 Å². The topological polar surface area (TPSA) is 53.9 Å². The Balaban J connectivity index is 2.01. The summed E-state index contributed by atoms with van der Waals surface area (Å²) in [5, 5.41) is 13.4. The predicted molar refractivity (Wildman–Crippen MR) is 69.0 cm³/mol. The highest BCUT2D eigenvalue weighted by Crippen LogP contribution is 2.11. The van der Waals surface area contributed by atoms with Gasteiger partial charge in [0.25, 0.3) is 0 Å². The van der Waals surface area contributed by atoms with Crippen LogP contribution >= 0.6 is 11.3 Å². The van der Waals surface area contributed by atoms with E-state index in [1.165, 1.54) is 0 Å². The number of rotatable bonds is 5. The summed E-state index contributed by atoms with van der Waals surface area (Å²) in [6, 6.07) is 3.96. The second-order valence-electron chi connectivity index (χ2n) is 3.75. The number of hydrogen-bond acceptors (Lipinski definition) is 6. The quantitative estimate of drug-likeness (QED) is 0.865. The summed E-state index contributed by atoms with van der Waals surface area (Å²) in [6.45, 7) is 1.49. The van der Waals surface area contributed by atoms with Crippen molar-refractivity contribution in [1.82, 2.24) is 20.5 Å². The summed E-state index contributed by atoms with van der Waals surface area (Å²) in [5.74, 6) is 0.859. The monoisotopic (exact) mass is 249 g/mol. The zero-order chi connectivity index (χ0) is 12.1. The number of nitrogens with one attached hydrogen (secondary N) is 1. The van der Waals surface area contributed by atoms with Crippen LogP contribution in [0.1, 0.15) is 11.4 Å². The Morgan fingerprint density at radius 2 is 2.18 bits per heavy atom. The van der Waals surface area contributed by atoms with Gasteiger partial charge in [0.15, 0.2) is 5.82 Å². The lowest BCUT2D eigenvalue weighted by atomic mass is 10.3. The van der Waals surface area contributed by atoms with Crippen LogP contribution in [-0.4, -0.2) is 29.3 Å². The van der Waals surface area contributed by atoms with Crippen LogP contribution in [0.25, 0.3) is 0 Å². The lowest BCUT2D eigenvalue weighted by Gasteiger charge is -2.16. The molecule has 0 fully saturated rings. The molecule has 90 valence electrons. The van der Waals surface area contributed by atoms with Gasteiger partial charge < -0.3 is 10.2 Å². The maximum atomic E-state index is 4.25. The van der Waals surface area contributed by atoms with E-state index in [2.05, 4.69) is 20.5 Å². The van der Waals surface area contributed by atoms with E-state index in [1.807, 2.05) is 42.0 Å². The third-order valence-corrected chi connectivity index (χ3v) is 2.97. The molecular formula is C11H15N5S. The van der Waals surface area contributed by atoms with Crippen molar-refractivity contribution in [2.45, 2.75) is 13.1 Å². The van der Waals surface area contributed by atoms with Crippen LogP contribution in [-0.2, 0) is 13.1 Å². The predicted octanol–water partition coefficient (Wildman–Crippen LogP) is 1.29. The molecule has 0 amide bonds. The standard InChI is InChI=1S/C11H15N5S/c1-12-5-9-3-4-11(15-14-9)16(2)6-10-7-17-8-13-10/h3-4,7-8,12H,5-6H2,1-2H3. The molecule has 2 aromatic rings. The normalized spacial score (nSPS) is 10.5. The molecule has 6 heteroatoms. The highest BCUT2D eigenvalue weighted by Gasteiger charge is 2.05. The van der Waals surface area contributed by atoms with Crippen LogP contribution < -0.4 is 10.2 Å². The first-order valence-electron chi connectivity index (χ1n) is 5.35. The molecule has 1 N–H and O–H groups in total. The van der Waals surface area contributed by atoms with Gasteiger partial charge in [-0.3, -0.25) is 0 Å². The van der Waals surface area contributed by atoms with Gasteiger partial charge in [-0.1, -0.05) is 0 Å². The van der Waals surface area contributed by atoms with Crippen molar-refractivity contribution in [3.8, 4) is 0 Å². The summed E-state index contributed by atoms with van der Waals surface area (Å²) < 4.78 is 0. The smallest absolute Gasteiger partial charge is 0.151 e. The minimum Gasteiger partial charge on any atom is -0.352 e. The number of thiazole rings is 1. The summed E-state index contributed by atoms with van der Waals surface area (Å²) in [6.07, 6.45) is 0. The van der Waals surface area contributed by atoms with E-state index in [0.717, 1.165) is 30.3 Å². The minimum absolute atomic E-state index is 0.739. The first kappa shape index (κ1) is 11.9. The van der Waals surface area contributed by atoms with Gasteiger partial charge in [-0.05, 0) is 19.2 Å². The summed E-state index contributed by atoms with van der Waals surface area (Å²) >= 11 is 1.60. The molecule has 0 radical (unpaired) electrons. The Bertz CT molecular complexity index is 439. The van der Waals surface area contributed by atoms with Gasteiger partial charge in [-0.25, -0.2) is 4.98 Å². The zero-order valence-electron chi connectivity index (χ0n) is 9.92. The van der Waals surface area contributed by atoms with Gasteiger partial charge in [0, 0.05) is 19.0 Å². The average Bonchev–Trinajstić information content (AvgIpc) is 2.83. The molecule has 2 aromatic heterocycles. The summed E-state index contributed by atoms with van der Waals surface area (Å²) in [7, 11) is 3.88. The van der Waals surface area contributed by atoms with Gasteiger partial charge in [-0.15, -0.1) is 16.4 Å². The number of hydrogen-bond donors (Lipinski definition) is 1. The zero-order valence-corrected chi connectivity index (χ0v) is 10.7. The van der Waals surface area contributed by atoms with Crippen LogP contribution in [0.3, 0.4) is 0 Å². The maximum Gasteiger partial charge on any atom is 0.151 e. The first-order chi connectivity index (χ1) is 8.29. The van der Waals surface area contributed by atoms with Crippen molar-refractivity contribution >= 4 is 17.2 Å². The molecule has 0 saturated heterocycles. The Labute approximate surface area is 105 Å². The molecule has 0 bridgehead atoms. The maximum absolute atomic E-state index is 4.25. The fourth-order valence-electron chi connectivity index (χ4n) is 1.47.